The minimum absolute atomic E-state index is 0.0438. The van der Waals surface area contributed by atoms with Crippen LogP contribution >= 0.6 is 23.8 Å². The van der Waals surface area contributed by atoms with Crippen LogP contribution in [0.1, 0.15) is 11.3 Å². The summed E-state index contributed by atoms with van der Waals surface area (Å²) in [6.45, 7) is 1.95. The highest BCUT2D eigenvalue weighted by molar-refractivity contribution is 7.80. The van der Waals surface area contributed by atoms with Crippen LogP contribution in [-0.4, -0.2) is 16.9 Å². The zero-order valence-electron chi connectivity index (χ0n) is 15.3. The fourth-order valence-electron chi connectivity index (χ4n) is 2.93. The van der Waals surface area contributed by atoms with E-state index in [0.29, 0.717) is 22.2 Å². The monoisotopic (exact) mass is 422 g/mol. The first-order valence-corrected chi connectivity index (χ1v) is 9.55. The molecule has 2 aromatic carbocycles. The van der Waals surface area contributed by atoms with Crippen LogP contribution in [0, 0.1) is 6.92 Å². The van der Waals surface area contributed by atoms with Crippen LogP contribution in [0.2, 0.25) is 5.02 Å². The quantitative estimate of drug-likeness (QED) is 0.376. The topological polar surface area (TPSA) is 62.6 Å². The zero-order chi connectivity index (χ0) is 20.5. The van der Waals surface area contributed by atoms with E-state index < -0.39 is 11.8 Å². The lowest BCUT2D eigenvalue weighted by Crippen LogP contribution is -2.54. The Morgan fingerprint density at radius 1 is 1.00 bits per heavy atom. The summed E-state index contributed by atoms with van der Waals surface area (Å²) >= 11 is 11.1. The third-order valence-corrected chi connectivity index (χ3v) is 4.97. The Morgan fingerprint density at radius 3 is 2.38 bits per heavy atom. The van der Waals surface area contributed by atoms with E-state index in [0.717, 1.165) is 11.1 Å². The van der Waals surface area contributed by atoms with Crippen molar-refractivity contribution in [3.05, 3.63) is 82.6 Å². The Balaban J connectivity index is 1.66. The van der Waals surface area contributed by atoms with Gasteiger partial charge in [-0.1, -0.05) is 29.3 Å². The standard InChI is InChI=1S/C22H15ClN2O3S/c1-13-2-8-16(9-3-13)25-21(27)18(20(26)24-22(25)29)12-17-10-11-19(28-17)14-4-6-15(23)7-5-14/h2-12H,1H3,(H,24,26,29)/b18-12+. The molecule has 0 aliphatic carbocycles. The number of carbonyl (C=O) groups excluding carboxylic acids is 2. The molecule has 29 heavy (non-hydrogen) atoms. The Labute approximate surface area is 177 Å². The van der Waals surface area contributed by atoms with Gasteiger partial charge in [0.2, 0.25) is 0 Å². The number of anilines is 1. The number of carbonyl (C=O) groups is 2. The maximum atomic E-state index is 13.0. The number of benzene rings is 2. The maximum absolute atomic E-state index is 13.0. The molecule has 3 aromatic rings. The molecule has 1 aromatic heterocycles. The van der Waals surface area contributed by atoms with E-state index in [9.17, 15) is 9.59 Å². The van der Waals surface area contributed by atoms with Gasteiger partial charge in [0, 0.05) is 10.6 Å². The van der Waals surface area contributed by atoms with Crippen molar-refractivity contribution >= 4 is 52.5 Å². The first-order valence-electron chi connectivity index (χ1n) is 8.76. The fraction of sp³-hybridized carbons (Fsp3) is 0.0455. The van der Waals surface area contributed by atoms with Crippen molar-refractivity contribution in [2.45, 2.75) is 6.92 Å². The predicted molar refractivity (Wildman–Crippen MR) is 117 cm³/mol. The first-order chi connectivity index (χ1) is 13.9. The summed E-state index contributed by atoms with van der Waals surface area (Å²) in [5, 5.41) is 3.23. The van der Waals surface area contributed by atoms with Gasteiger partial charge in [0.15, 0.2) is 5.11 Å². The lowest BCUT2D eigenvalue weighted by molar-refractivity contribution is -0.122. The summed E-state index contributed by atoms with van der Waals surface area (Å²) in [5.41, 5.74) is 2.41. The molecule has 1 fully saturated rings. The van der Waals surface area contributed by atoms with E-state index in [1.165, 1.54) is 11.0 Å². The van der Waals surface area contributed by atoms with Gasteiger partial charge in [-0.25, -0.2) is 0 Å². The molecule has 2 amide bonds. The molecule has 0 unspecified atom stereocenters. The second-order valence-corrected chi connectivity index (χ2v) is 7.33. The summed E-state index contributed by atoms with van der Waals surface area (Å²) in [4.78, 5) is 26.7. The van der Waals surface area contributed by atoms with Crippen LogP contribution < -0.4 is 10.2 Å². The number of rotatable bonds is 3. The van der Waals surface area contributed by atoms with Gasteiger partial charge in [0.25, 0.3) is 11.8 Å². The number of amides is 2. The van der Waals surface area contributed by atoms with Gasteiger partial charge < -0.3 is 4.42 Å². The van der Waals surface area contributed by atoms with Crippen molar-refractivity contribution in [2.24, 2.45) is 0 Å². The van der Waals surface area contributed by atoms with Gasteiger partial charge in [0.05, 0.1) is 5.69 Å². The SMILES string of the molecule is Cc1ccc(N2C(=O)/C(=C/c3ccc(-c4ccc(Cl)cc4)o3)C(=O)NC2=S)cc1. The van der Waals surface area contributed by atoms with E-state index in [-0.39, 0.29) is 10.7 Å². The molecule has 7 heteroatoms. The molecule has 1 N–H and O–H groups in total. The molecule has 0 atom stereocenters. The molecule has 2 heterocycles. The third-order valence-electron chi connectivity index (χ3n) is 4.44. The Hall–Kier alpha value is -3.22. The van der Waals surface area contributed by atoms with Crippen LogP contribution in [0.4, 0.5) is 5.69 Å². The Kier molecular flexibility index (Phi) is 5.05. The predicted octanol–water partition coefficient (Wildman–Crippen LogP) is 4.74. The summed E-state index contributed by atoms with van der Waals surface area (Å²) in [5.74, 6) is -0.0898. The lowest BCUT2D eigenvalue weighted by Gasteiger charge is -2.28. The number of nitrogens with one attached hydrogen (secondary N) is 1. The second-order valence-electron chi connectivity index (χ2n) is 6.50. The van der Waals surface area contributed by atoms with Crippen LogP contribution in [0.3, 0.4) is 0 Å². The van der Waals surface area contributed by atoms with E-state index in [1.54, 1.807) is 36.4 Å². The number of nitrogens with zero attached hydrogens (tertiary/aromatic N) is 1. The van der Waals surface area contributed by atoms with Crippen molar-refractivity contribution < 1.29 is 14.0 Å². The van der Waals surface area contributed by atoms with Crippen LogP contribution in [0.5, 0.6) is 0 Å². The molecule has 5 nitrogen and oxygen atoms in total. The van der Waals surface area contributed by atoms with Crippen molar-refractivity contribution in [2.75, 3.05) is 4.90 Å². The van der Waals surface area contributed by atoms with Gasteiger partial charge in [-0.05, 0) is 73.7 Å². The molecule has 0 saturated carbocycles. The van der Waals surface area contributed by atoms with Crippen LogP contribution in [0.15, 0.2) is 70.7 Å². The minimum atomic E-state index is -0.562. The number of halogens is 1. The highest BCUT2D eigenvalue weighted by Gasteiger charge is 2.34. The number of aryl methyl sites for hydroxylation is 1. The first kappa shape index (κ1) is 19.1. The summed E-state index contributed by atoms with van der Waals surface area (Å²) < 4.78 is 5.79. The molecule has 0 spiro atoms. The minimum Gasteiger partial charge on any atom is -0.457 e. The zero-order valence-corrected chi connectivity index (χ0v) is 16.9. The second kappa shape index (κ2) is 7.66. The normalized spacial score (nSPS) is 15.7. The fourth-order valence-corrected chi connectivity index (χ4v) is 3.33. The van der Waals surface area contributed by atoms with Crippen molar-refractivity contribution in [1.82, 2.24) is 5.32 Å². The molecule has 1 saturated heterocycles. The van der Waals surface area contributed by atoms with E-state index in [2.05, 4.69) is 5.32 Å². The summed E-state index contributed by atoms with van der Waals surface area (Å²) in [7, 11) is 0. The Morgan fingerprint density at radius 2 is 1.69 bits per heavy atom. The van der Waals surface area contributed by atoms with E-state index in [4.69, 9.17) is 28.2 Å². The van der Waals surface area contributed by atoms with Gasteiger partial charge in [-0.15, -0.1) is 0 Å². The number of hydrogen-bond acceptors (Lipinski definition) is 4. The molecule has 0 radical (unpaired) electrons. The van der Waals surface area contributed by atoms with E-state index >= 15 is 0 Å². The average molecular weight is 423 g/mol. The largest absolute Gasteiger partial charge is 0.457 e. The van der Waals surface area contributed by atoms with Crippen LogP contribution in [0.25, 0.3) is 17.4 Å². The van der Waals surface area contributed by atoms with Gasteiger partial charge in [-0.3, -0.25) is 19.8 Å². The third kappa shape index (κ3) is 3.85. The average Bonchev–Trinajstić information content (AvgIpc) is 3.16. The molecule has 1 aliphatic heterocycles. The molecular weight excluding hydrogens is 408 g/mol. The Bertz CT molecular complexity index is 1150. The molecule has 0 bridgehead atoms. The van der Waals surface area contributed by atoms with Gasteiger partial charge >= 0.3 is 0 Å². The van der Waals surface area contributed by atoms with E-state index in [1.807, 2.05) is 31.2 Å². The highest BCUT2D eigenvalue weighted by atomic mass is 35.5. The summed E-state index contributed by atoms with van der Waals surface area (Å²) in [6.07, 6.45) is 1.42. The summed E-state index contributed by atoms with van der Waals surface area (Å²) in [6, 6.07) is 17.9. The van der Waals surface area contributed by atoms with Crippen molar-refractivity contribution in [3.8, 4) is 11.3 Å². The molecule has 4 rings (SSSR count). The highest BCUT2D eigenvalue weighted by Crippen LogP contribution is 2.26. The number of furan rings is 1. The lowest BCUT2D eigenvalue weighted by atomic mass is 10.1. The van der Waals surface area contributed by atoms with Gasteiger partial charge in [-0.2, -0.15) is 0 Å². The number of thiocarbonyl (C=S) groups is 1. The number of hydrogen-bond donors (Lipinski definition) is 1. The maximum Gasteiger partial charge on any atom is 0.270 e. The smallest absolute Gasteiger partial charge is 0.270 e. The van der Waals surface area contributed by atoms with Gasteiger partial charge in [0.1, 0.15) is 17.1 Å². The molecule has 144 valence electrons. The molecular formula is C22H15ClN2O3S. The van der Waals surface area contributed by atoms with Crippen molar-refractivity contribution in [1.29, 1.82) is 0 Å². The van der Waals surface area contributed by atoms with Crippen molar-refractivity contribution in [3.63, 3.8) is 0 Å². The van der Waals surface area contributed by atoms with Crippen LogP contribution in [-0.2, 0) is 9.59 Å². The molecule has 1 aliphatic rings.